The first-order valence-corrected chi connectivity index (χ1v) is 8.92. The minimum absolute atomic E-state index is 0.151. The topological polar surface area (TPSA) is 98.2 Å². The Kier molecular flexibility index (Phi) is 5.32. The molecule has 1 aliphatic heterocycles. The molecule has 0 saturated carbocycles. The van der Waals surface area contributed by atoms with E-state index in [4.69, 9.17) is 10.2 Å². The highest BCUT2D eigenvalue weighted by atomic mass is 16.3. The Hall–Kier alpha value is -2.73. The predicted octanol–water partition coefficient (Wildman–Crippen LogP) is 3.31. The maximum Gasteiger partial charge on any atom is 0.241 e. The van der Waals surface area contributed by atoms with Crippen LogP contribution in [-0.4, -0.2) is 16.9 Å². The molecule has 0 saturated heterocycles. The van der Waals surface area contributed by atoms with Crippen molar-refractivity contribution in [2.45, 2.75) is 45.6 Å². The standard InChI is InChI=1S/C20H23N3O3/c1-3-4-5-6-13-7-8-14-17(11-13)26-16-10-9-15(19(24)18(16)22-14)23-20(25)12(2)21/h7-12H,3-6,21H2,1-2H3,(H,23,25)/t12-/m0/s1. The van der Waals surface area contributed by atoms with E-state index in [2.05, 4.69) is 17.2 Å². The fourth-order valence-electron chi connectivity index (χ4n) is 2.79. The van der Waals surface area contributed by atoms with E-state index in [1.54, 1.807) is 13.0 Å². The molecule has 3 N–H and O–H groups in total. The van der Waals surface area contributed by atoms with Gasteiger partial charge in [-0.1, -0.05) is 25.8 Å². The molecular formula is C20H23N3O3. The van der Waals surface area contributed by atoms with E-state index in [0.717, 1.165) is 12.8 Å². The van der Waals surface area contributed by atoms with Gasteiger partial charge in [0.1, 0.15) is 5.52 Å². The molecule has 1 aromatic carbocycles. The fourth-order valence-corrected chi connectivity index (χ4v) is 2.79. The zero-order chi connectivity index (χ0) is 18.7. The van der Waals surface area contributed by atoms with E-state index in [1.165, 1.54) is 24.5 Å². The number of nitrogens with zero attached hydrogens (tertiary/aromatic N) is 1. The Labute approximate surface area is 151 Å². The molecule has 6 nitrogen and oxygen atoms in total. The van der Waals surface area contributed by atoms with Gasteiger partial charge >= 0.3 is 0 Å². The summed E-state index contributed by atoms with van der Waals surface area (Å²) in [6.45, 7) is 3.73. The van der Waals surface area contributed by atoms with E-state index >= 15 is 0 Å². The summed E-state index contributed by atoms with van der Waals surface area (Å²) in [5, 5.41) is 2.53. The summed E-state index contributed by atoms with van der Waals surface area (Å²) in [6.07, 6.45) is 4.50. The van der Waals surface area contributed by atoms with Gasteiger partial charge in [-0.3, -0.25) is 9.59 Å². The van der Waals surface area contributed by atoms with Crippen molar-refractivity contribution in [2.75, 3.05) is 5.32 Å². The van der Waals surface area contributed by atoms with Crippen LogP contribution in [0.2, 0.25) is 0 Å². The van der Waals surface area contributed by atoms with Crippen molar-refractivity contribution >= 4 is 22.7 Å². The average molecular weight is 353 g/mol. The predicted molar refractivity (Wildman–Crippen MR) is 102 cm³/mol. The van der Waals surface area contributed by atoms with E-state index in [-0.39, 0.29) is 16.8 Å². The van der Waals surface area contributed by atoms with Gasteiger partial charge in [0.25, 0.3) is 0 Å². The first-order chi connectivity index (χ1) is 12.5. The van der Waals surface area contributed by atoms with Gasteiger partial charge in [-0.2, -0.15) is 0 Å². The quantitative estimate of drug-likeness (QED) is 0.523. The lowest BCUT2D eigenvalue weighted by Gasteiger charge is -2.11. The van der Waals surface area contributed by atoms with Gasteiger partial charge in [-0.25, -0.2) is 4.98 Å². The fraction of sp³-hybridized carbons (Fsp3) is 0.350. The van der Waals surface area contributed by atoms with Crippen LogP contribution < -0.4 is 16.5 Å². The second kappa shape index (κ2) is 7.66. The van der Waals surface area contributed by atoms with E-state index in [9.17, 15) is 9.59 Å². The lowest BCUT2D eigenvalue weighted by atomic mass is 10.1. The number of hydrogen-bond donors (Lipinski definition) is 2. The molecule has 1 heterocycles. The van der Waals surface area contributed by atoms with Gasteiger partial charge in [0.05, 0.1) is 11.7 Å². The number of benzene rings is 2. The van der Waals surface area contributed by atoms with Gasteiger partial charge in [-0.15, -0.1) is 0 Å². The third kappa shape index (κ3) is 3.75. The molecule has 1 aromatic rings. The summed E-state index contributed by atoms with van der Waals surface area (Å²) in [4.78, 5) is 28.8. The van der Waals surface area contributed by atoms with Crippen molar-refractivity contribution in [3.05, 3.63) is 46.1 Å². The van der Waals surface area contributed by atoms with Gasteiger partial charge in [0.2, 0.25) is 11.3 Å². The number of amides is 1. The van der Waals surface area contributed by atoms with Crippen LogP contribution in [0.1, 0.15) is 38.7 Å². The monoisotopic (exact) mass is 353 g/mol. The Balaban J connectivity index is 1.98. The number of fused-ring (bicyclic) bond motifs is 2. The molecule has 1 amide bonds. The molecule has 0 spiro atoms. The summed E-state index contributed by atoms with van der Waals surface area (Å²) < 4.78 is 5.88. The number of nitrogens with two attached hydrogens (primary N) is 1. The van der Waals surface area contributed by atoms with Crippen LogP contribution >= 0.6 is 0 Å². The number of anilines is 1. The second-order valence-corrected chi connectivity index (χ2v) is 6.54. The molecule has 26 heavy (non-hydrogen) atoms. The number of hydrogen-bond acceptors (Lipinski definition) is 5. The normalized spacial score (nSPS) is 12.4. The highest BCUT2D eigenvalue weighted by Crippen LogP contribution is 2.25. The highest BCUT2D eigenvalue weighted by Gasteiger charge is 2.18. The summed E-state index contributed by atoms with van der Waals surface area (Å²) in [5.74, 6) is -0.0251. The maximum absolute atomic E-state index is 12.6. The van der Waals surface area contributed by atoms with Gasteiger partial charge in [0.15, 0.2) is 17.0 Å². The molecule has 3 rings (SSSR count). The smallest absolute Gasteiger partial charge is 0.241 e. The number of carbonyl (C=O) groups excluding carboxylic acids is 1. The number of aryl methyl sites for hydroxylation is 1. The third-order valence-corrected chi connectivity index (χ3v) is 4.31. The molecule has 0 unspecified atom stereocenters. The van der Waals surface area contributed by atoms with Gasteiger partial charge in [0, 0.05) is 0 Å². The zero-order valence-corrected chi connectivity index (χ0v) is 15.0. The van der Waals surface area contributed by atoms with Crippen molar-refractivity contribution < 1.29 is 9.21 Å². The van der Waals surface area contributed by atoms with Crippen LogP contribution in [-0.2, 0) is 11.2 Å². The molecule has 0 aromatic heterocycles. The first kappa shape index (κ1) is 18.1. The zero-order valence-electron chi connectivity index (χ0n) is 15.0. The second-order valence-electron chi connectivity index (χ2n) is 6.54. The average Bonchev–Trinajstić information content (AvgIpc) is 2.63. The van der Waals surface area contributed by atoms with Crippen LogP contribution in [0.25, 0.3) is 22.6 Å². The molecule has 0 bridgehead atoms. The Bertz CT molecular complexity index is 962. The molecule has 136 valence electrons. The van der Waals surface area contributed by atoms with Crippen LogP contribution in [0, 0.1) is 0 Å². The van der Waals surface area contributed by atoms with Gasteiger partial charge < -0.3 is 15.5 Å². The van der Waals surface area contributed by atoms with Crippen LogP contribution in [0.5, 0.6) is 0 Å². The van der Waals surface area contributed by atoms with Crippen LogP contribution in [0.3, 0.4) is 0 Å². The lowest BCUT2D eigenvalue weighted by Crippen LogP contribution is -2.34. The van der Waals surface area contributed by atoms with Crippen molar-refractivity contribution in [3.63, 3.8) is 0 Å². The molecule has 0 radical (unpaired) electrons. The lowest BCUT2D eigenvalue weighted by molar-refractivity contribution is -0.117. The van der Waals surface area contributed by atoms with E-state index in [0.29, 0.717) is 16.9 Å². The SMILES string of the molecule is CCCCCc1ccc2nc3c(=O)c(NC(=O)[C@H](C)N)ccc-3oc2c1. The molecule has 0 fully saturated rings. The van der Waals surface area contributed by atoms with E-state index < -0.39 is 11.9 Å². The molecule has 2 aliphatic rings. The summed E-state index contributed by atoms with van der Waals surface area (Å²) in [7, 11) is 0. The Morgan fingerprint density at radius 3 is 2.81 bits per heavy atom. The van der Waals surface area contributed by atoms with Gasteiger partial charge in [-0.05, 0) is 49.6 Å². The largest absolute Gasteiger partial charge is 0.453 e. The molecule has 1 atom stereocenters. The minimum atomic E-state index is -0.703. The van der Waals surface area contributed by atoms with Crippen LogP contribution in [0.15, 0.2) is 39.5 Å². The summed E-state index contributed by atoms with van der Waals surface area (Å²) in [6, 6.07) is 8.32. The third-order valence-electron chi connectivity index (χ3n) is 4.31. The minimum Gasteiger partial charge on any atom is -0.453 e. The number of unbranched alkanes of at least 4 members (excludes halogenated alkanes) is 2. The van der Waals surface area contributed by atoms with Crippen molar-refractivity contribution in [1.29, 1.82) is 0 Å². The van der Waals surface area contributed by atoms with Crippen molar-refractivity contribution in [2.24, 2.45) is 5.73 Å². The highest BCUT2D eigenvalue weighted by molar-refractivity contribution is 5.95. The Morgan fingerprint density at radius 2 is 2.08 bits per heavy atom. The summed E-state index contributed by atoms with van der Waals surface area (Å²) >= 11 is 0. The first-order valence-electron chi connectivity index (χ1n) is 8.92. The van der Waals surface area contributed by atoms with Crippen molar-refractivity contribution in [1.82, 2.24) is 4.98 Å². The molecular weight excluding hydrogens is 330 g/mol. The van der Waals surface area contributed by atoms with Crippen molar-refractivity contribution in [3.8, 4) is 11.5 Å². The number of aromatic nitrogens is 1. The van der Waals surface area contributed by atoms with E-state index in [1.807, 2.05) is 18.2 Å². The summed E-state index contributed by atoms with van der Waals surface area (Å²) in [5.41, 5.74) is 7.95. The Morgan fingerprint density at radius 1 is 1.27 bits per heavy atom. The molecule has 1 aliphatic carbocycles. The number of rotatable bonds is 6. The number of carbonyl (C=O) groups is 1. The van der Waals surface area contributed by atoms with Crippen LogP contribution in [0.4, 0.5) is 5.69 Å². The molecule has 6 heteroatoms. The number of nitrogens with one attached hydrogen (secondary N) is 1. The maximum atomic E-state index is 12.6.